The van der Waals surface area contributed by atoms with E-state index in [1.807, 2.05) is 5.38 Å². The number of carbonyl (C=O) groups is 1. The Morgan fingerprint density at radius 1 is 1.59 bits per heavy atom. The number of rotatable bonds is 6. The van der Waals surface area contributed by atoms with Gasteiger partial charge in [0.25, 0.3) is 0 Å². The number of aromatic nitrogens is 3. The van der Waals surface area contributed by atoms with E-state index < -0.39 is 5.97 Å². The summed E-state index contributed by atoms with van der Waals surface area (Å²) in [4.78, 5) is 15.0. The summed E-state index contributed by atoms with van der Waals surface area (Å²) in [5.74, 6) is -0.987. The Hall–Kier alpha value is -1.73. The summed E-state index contributed by atoms with van der Waals surface area (Å²) >= 11 is 1.57. The largest absolute Gasteiger partial charge is 0.477 e. The maximum Gasteiger partial charge on any atom is 0.354 e. The van der Waals surface area contributed by atoms with E-state index in [1.165, 1.54) is 6.20 Å². The number of thiazole rings is 1. The van der Waals surface area contributed by atoms with E-state index in [1.54, 1.807) is 16.8 Å². The molecule has 2 heterocycles. The Labute approximate surface area is 102 Å². The third-order valence-corrected chi connectivity index (χ3v) is 2.92. The molecule has 2 aromatic rings. The first-order valence-corrected chi connectivity index (χ1v) is 6.05. The summed E-state index contributed by atoms with van der Waals surface area (Å²) in [6.45, 7) is 1.25. The number of aromatic amines is 1. The lowest BCUT2D eigenvalue weighted by Gasteiger charge is -2.02. The summed E-state index contributed by atoms with van der Waals surface area (Å²) in [5, 5.41) is 20.2. The van der Waals surface area contributed by atoms with Gasteiger partial charge < -0.3 is 10.4 Å². The van der Waals surface area contributed by atoms with Crippen molar-refractivity contribution in [1.82, 2.24) is 20.5 Å². The van der Waals surface area contributed by atoms with Gasteiger partial charge in [-0.2, -0.15) is 5.10 Å². The molecule has 17 heavy (non-hydrogen) atoms. The van der Waals surface area contributed by atoms with E-state index in [9.17, 15) is 4.79 Å². The number of hydrogen-bond acceptors (Lipinski definition) is 5. The number of H-pyrrole nitrogens is 1. The fourth-order valence-corrected chi connectivity index (χ4v) is 2.02. The average Bonchev–Trinajstić information content (AvgIpc) is 2.95. The van der Waals surface area contributed by atoms with Gasteiger partial charge >= 0.3 is 5.97 Å². The molecule has 0 aliphatic rings. The molecular weight excluding hydrogens is 240 g/mol. The van der Waals surface area contributed by atoms with Crippen molar-refractivity contribution in [3.8, 4) is 0 Å². The molecule has 0 aromatic carbocycles. The minimum atomic E-state index is -0.987. The third kappa shape index (κ3) is 3.11. The zero-order valence-corrected chi connectivity index (χ0v) is 9.83. The number of hydrogen-bond donors (Lipinski definition) is 3. The highest BCUT2D eigenvalue weighted by Crippen LogP contribution is 2.04. The Kier molecular flexibility index (Phi) is 3.84. The Bertz CT molecular complexity index is 480. The summed E-state index contributed by atoms with van der Waals surface area (Å²) in [6, 6.07) is 0. The summed E-state index contributed by atoms with van der Waals surface area (Å²) < 4.78 is 0. The number of nitrogens with one attached hydrogen (secondary N) is 2. The minimum Gasteiger partial charge on any atom is -0.477 e. The zero-order chi connectivity index (χ0) is 12.1. The van der Waals surface area contributed by atoms with Gasteiger partial charge in [-0.25, -0.2) is 9.78 Å². The van der Waals surface area contributed by atoms with Crippen molar-refractivity contribution in [2.45, 2.75) is 13.0 Å². The van der Waals surface area contributed by atoms with Crippen molar-refractivity contribution in [2.75, 3.05) is 6.54 Å². The lowest BCUT2D eigenvalue weighted by Crippen LogP contribution is -2.18. The van der Waals surface area contributed by atoms with Gasteiger partial charge in [0.05, 0.1) is 17.4 Å². The number of carboxylic acids is 1. The molecule has 90 valence electrons. The second-order valence-electron chi connectivity index (χ2n) is 3.48. The van der Waals surface area contributed by atoms with Crippen molar-refractivity contribution < 1.29 is 9.90 Å². The normalized spacial score (nSPS) is 10.6. The van der Waals surface area contributed by atoms with Crippen LogP contribution in [-0.2, 0) is 13.0 Å². The van der Waals surface area contributed by atoms with Crippen LogP contribution < -0.4 is 5.32 Å². The van der Waals surface area contributed by atoms with Crippen LogP contribution in [0.2, 0.25) is 0 Å². The van der Waals surface area contributed by atoms with E-state index in [-0.39, 0.29) is 5.69 Å². The van der Waals surface area contributed by atoms with Crippen LogP contribution in [-0.4, -0.2) is 32.8 Å². The molecule has 0 amide bonds. The fourth-order valence-electron chi connectivity index (χ4n) is 1.43. The molecule has 0 spiro atoms. The Morgan fingerprint density at radius 3 is 3.18 bits per heavy atom. The third-order valence-electron chi connectivity index (χ3n) is 2.29. The highest BCUT2D eigenvalue weighted by Gasteiger charge is 2.11. The molecule has 6 nitrogen and oxygen atoms in total. The molecule has 0 bridgehead atoms. The van der Waals surface area contributed by atoms with Crippen molar-refractivity contribution in [1.29, 1.82) is 0 Å². The van der Waals surface area contributed by atoms with Crippen LogP contribution >= 0.6 is 11.3 Å². The van der Waals surface area contributed by atoms with Gasteiger partial charge in [-0.1, -0.05) is 0 Å². The van der Waals surface area contributed by atoms with Crippen LogP contribution in [0.5, 0.6) is 0 Å². The minimum absolute atomic E-state index is 0.145. The van der Waals surface area contributed by atoms with Gasteiger partial charge in [0.15, 0.2) is 0 Å². The smallest absolute Gasteiger partial charge is 0.354 e. The first-order valence-electron chi connectivity index (χ1n) is 5.10. The Morgan fingerprint density at radius 2 is 2.47 bits per heavy atom. The van der Waals surface area contributed by atoms with Crippen molar-refractivity contribution in [2.24, 2.45) is 0 Å². The zero-order valence-electron chi connectivity index (χ0n) is 9.01. The quantitative estimate of drug-likeness (QED) is 0.664. The summed E-state index contributed by atoms with van der Waals surface area (Å²) in [6.07, 6.45) is 2.36. The van der Waals surface area contributed by atoms with Crippen LogP contribution in [0.1, 0.15) is 21.7 Å². The van der Waals surface area contributed by atoms with Crippen LogP contribution in [0.3, 0.4) is 0 Å². The van der Waals surface area contributed by atoms with Crippen molar-refractivity contribution in [3.63, 3.8) is 0 Å². The number of nitrogens with zero attached hydrogens (tertiary/aromatic N) is 2. The molecule has 0 fully saturated rings. The molecule has 2 rings (SSSR count). The van der Waals surface area contributed by atoms with Gasteiger partial charge in [0, 0.05) is 30.5 Å². The van der Waals surface area contributed by atoms with Crippen LogP contribution in [0.15, 0.2) is 17.1 Å². The molecule has 7 heteroatoms. The van der Waals surface area contributed by atoms with Gasteiger partial charge in [0.2, 0.25) is 0 Å². The standard InChI is InChI=1S/C10H12N4O2S/c15-10(16)9-7(4-13-14-9)3-11-2-1-8-5-17-6-12-8/h4-6,11H,1-3H2,(H,13,14)(H,15,16). The topological polar surface area (TPSA) is 90.9 Å². The van der Waals surface area contributed by atoms with Gasteiger partial charge in [-0.3, -0.25) is 5.10 Å². The number of carboxylic acid groups (broad SMARTS) is 1. The number of aromatic carboxylic acids is 1. The van der Waals surface area contributed by atoms with E-state index >= 15 is 0 Å². The second-order valence-corrected chi connectivity index (χ2v) is 4.20. The predicted octanol–water partition coefficient (Wildman–Crippen LogP) is 0.897. The highest BCUT2D eigenvalue weighted by atomic mass is 32.1. The monoisotopic (exact) mass is 252 g/mol. The van der Waals surface area contributed by atoms with Crippen LogP contribution in [0, 0.1) is 0 Å². The van der Waals surface area contributed by atoms with E-state index in [2.05, 4.69) is 20.5 Å². The first-order chi connectivity index (χ1) is 8.27. The van der Waals surface area contributed by atoms with E-state index in [4.69, 9.17) is 5.11 Å². The molecule has 0 aliphatic heterocycles. The maximum atomic E-state index is 10.8. The predicted molar refractivity (Wildman–Crippen MR) is 63.1 cm³/mol. The molecule has 0 atom stereocenters. The SMILES string of the molecule is O=C(O)c1[nH]ncc1CNCCc1cscn1. The average molecular weight is 252 g/mol. The highest BCUT2D eigenvalue weighted by molar-refractivity contribution is 7.07. The second kappa shape index (κ2) is 5.55. The Balaban J connectivity index is 1.78. The van der Waals surface area contributed by atoms with E-state index in [0.717, 1.165) is 18.7 Å². The summed E-state index contributed by atoms with van der Waals surface area (Å²) in [5.41, 5.74) is 3.66. The van der Waals surface area contributed by atoms with E-state index in [0.29, 0.717) is 12.1 Å². The van der Waals surface area contributed by atoms with Crippen molar-refractivity contribution >= 4 is 17.3 Å². The fraction of sp³-hybridized carbons (Fsp3) is 0.300. The molecule has 0 radical (unpaired) electrons. The van der Waals surface area contributed by atoms with Gasteiger partial charge in [-0.05, 0) is 0 Å². The lowest BCUT2D eigenvalue weighted by molar-refractivity contribution is 0.0689. The molecule has 0 saturated heterocycles. The van der Waals surface area contributed by atoms with Gasteiger partial charge in [0.1, 0.15) is 5.69 Å². The van der Waals surface area contributed by atoms with Crippen LogP contribution in [0.4, 0.5) is 0 Å². The molecule has 0 saturated carbocycles. The summed E-state index contributed by atoms with van der Waals surface area (Å²) in [7, 11) is 0. The lowest BCUT2D eigenvalue weighted by atomic mass is 10.2. The van der Waals surface area contributed by atoms with Gasteiger partial charge in [-0.15, -0.1) is 11.3 Å². The molecule has 2 aromatic heterocycles. The molecule has 3 N–H and O–H groups in total. The molecular formula is C10H12N4O2S. The molecule has 0 aliphatic carbocycles. The molecule has 0 unspecified atom stereocenters. The first kappa shape index (κ1) is 11.7. The van der Waals surface area contributed by atoms with Crippen molar-refractivity contribution in [3.05, 3.63) is 34.0 Å². The van der Waals surface area contributed by atoms with Crippen LogP contribution in [0.25, 0.3) is 0 Å². The maximum absolute atomic E-state index is 10.8.